The van der Waals surface area contributed by atoms with Crippen molar-refractivity contribution in [3.63, 3.8) is 0 Å². The second-order valence-corrected chi connectivity index (χ2v) is 6.36. The van der Waals surface area contributed by atoms with E-state index in [1.165, 1.54) is 49.7 Å². The lowest BCUT2D eigenvalue weighted by atomic mass is 10.0. The average Bonchev–Trinajstić information content (AvgIpc) is 3.15. The standard InChI is InChI=1S/C18H25NO2/c20-18(19-11-10-14-4-1-2-5-14)13-21-17-9-8-15-6-3-7-16(15)12-17/h8-9,12,14H,1-7,10-11,13H2,(H,19,20). The number of carbonyl (C=O) groups excluding carboxylic acids is 1. The van der Waals surface area contributed by atoms with Crippen LogP contribution in [-0.2, 0) is 17.6 Å². The molecule has 0 aliphatic heterocycles. The Kier molecular flexibility index (Phi) is 4.79. The van der Waals surface area contributed by atoms with Crippen molar-refractivity contribution in [1.82, 2.24) is 5.32 Å². The number of rotatable bonds is 6. The molecule has 3 rings (SSSR count). The molecule has 1 amide bonds. The number of aryl methyl sites for hydroxylation is 2. The van der Waals surface area contributed by atoms with Gasteiger partial charge in [0.05, 0.1) is 0 Å². The van der Waals surface area contributed by atoms with Gasteiger partial charge >= 0.3 is 0 Å². The van der Waals surface area contributed by atoms with Crippen molar-refractivity contribution in [2.24, 2.45) is 5.92 Å². The molecule has 2 aliphatic rings. The molecule has 0 atom stereocenters. The first kappa shape index (κ1) is 14.4. The van der Waals surface area contributed by atoms with Crippen molar-refractivity contribution in [1.29, 1.82) is 0 Å². The van der Waals surface area contributed by atoms with Crippen LogP contribution in [0.15, 0.2) is 18.2 Å². The summed E-state index contributed by atoms with van der Waals surface area (Å²) in [6, 6.07) is 6.21. The molecule has 0 saturated heterocycles. The maximum Gasteiger partial charge on any atom is 0.257 e. The molecular formula is C18H25NO2. The monoisotopic (exact) mass is 287 g/mol. The van der Waals surface area contributed by atoms with Crippen LogP contribution < -0.4 is 10.1 Å². The van der Waals surface area contributed by atoms with Gasteiger partial charge in [-0.25, -0.2) is 0 Å². The van der Waals surface area contributed by atoms with Gasteiger partial charge in [-0.05, 0) is 54.9 Å². The van der Waals surface area contributed by atoms with Gasteiger partial charge in [-0.3, -0.25) is 4.79 Å². The van der Waals surface area contributed by atoms with Crippen LogP contribution in [0.3, 0.4) is 0 Å². The molecule has 1 aromatic carbocycles. The smallest absolute Gasteiger partial charge is 0.257 e. The lowest BCUT2D eigenvalue weighted by Crippen LogP contribution is -2.30. The Morgan fingerprint density at radius 2 is 1.95 bits per heavy atom. The second-order valence-electron chi connectivity index (χ2n) is 6.36. The quantitative estimate of drug-likeness (QED) is 0.872. The maximum absolute atomic E-state index is 11.8. The van der Waals surface area contributed by atoms with Gasteiger partial charge in [0.2, 0.25) is 0 Å². The Labute approximate surface area is 127 Å². The number of nitrogens with one attached hydrogen (secondary N) is 1. The highest BCUT2D eigenvalue weighted by Gasteiger charge is 2.15. The van der Waals surface area contributed by atoms with Crippen LogP contribution in [0, 0.1) is 5.92 Å². The average molecular weight is 287 g/mol. The van der Waals surface area contributed by atoms with E-state index in [0.29, 0.717) is 0 Å². The van der Waals surface area contributed by atoms with E-state index in [-0.39, 0.29) is 12.5 Å². The molecule has 0 spiro atoms. The SMILES string of the molecule is O=C(COc1ccc2c(c1)CCC2)NCCC1CCCC1. The van der Waals surface area contributed by atoms with E-state index in [9.17, 15) is 4.79 Å². The van der Waals surface area contributed by atoms with Gasteiger partial charge in [-0.1, -0.05) is 31.7 Å². The van der Waals surface area contributed by atoms with Crippen LogP contribution in [0.4, 0.5) is 0 Å². The summed E-state index contributed by atoms with van der Waals surface area (Å²) < 4.78 is 5.60. The summed E-state index contributed by atoms with van der Waals surface area (Å²) in [5.74, 6) is 1.64. The van der Waals surface area contributed by atoms with Crippen LogP contribution in [-0.4, -0.2) is 19.1 Å². The van der Waals surface area contributed by atoms with Gasteiger partial charge in [-0.2, -0.15) is 0 Å². The Morgan fingerprint density at radius 3 is 2.81 bits per heavy atom. The van der Waals surface area contributed by atoms with E-state index in [0.717, 1.165) is 31.1 Å². The Bertz CT molecular complexity index is 492. The summed E-state index contributed by atoms with van der Waals surface area (Å²) in [6.45, 7) is 0.917. The Hall–Kier alpha value is -1.51. The van der Waals surface area contributed by atoms with Gasteiger partial charge in [0.15, 0.2) is 6.61 Å². The van der Waals surface area contributed by atoms with E-state index < -0.39 is 0 Å². The lowest BCUT2D eigenvalue weighted by molar-refractivity contribution is -0.123. The van der Waals surface area contributed by atoms with Crippen molar-refractivity contribution in [3.05, 3.63) is 29.3 Å². The zero-order chi connectivity index (χ0) is 14.5. The van der Waals surface area contributed by atoms with E-state index in [1.54, 1.807) is 0 Å². The van der Waals surface area contributed by atoms with Gasteiger partial charge in [-0.15, -0.1) is 0 Å². The van der Waals surface area contributed by atoms with E-state index in [4.69, 9.17) is 4.74 Å². The Morgan fingerprint density at radius 1 is 1.14 bits per heavy atom. The third kappa shape index (κ3) is 3.99. The summed E-state index contributed by atoms with van der Waals surface area (Å²) >= 11 is 0. The van der Waals surface area contributed by atoms with Crippen molar-refractivity contribution in [3.8, 4) is 5.75 Å². The third-order valence-electron chi connectivity index (χ3n) is 4.79. The first-order chi connectivity index (χ1) is 10.3. The maximum atomic E-state index is 11.8. The van der Waals surface area contributed by atoms with Crippen molar-refractivity contribution in [2.75, 3.05) is 13.2 Å². The third-order valence-corrected chi connectivity index (χ3v) is 4.79. The fourth-order valence-electron chi connectivity index (χ4n) is 3.55. The van der Waals surface area contributed by atoms with Crippen LogP contribution in [0.1, 0.15) is 49.7 Å². The number of hydrogen-bond acceptors (Lipinski definition) is 2. The van der Waals surface area contributed by atoms with Crippen molar-refractivity contribution >= 4 is 5.91 Å². The number of ether oxygens (including phenoxy) is 1. The number of benzene rings is 1. The van der Waals surface area contributed by atoms with Crippen molar-refractivity contribution < 1.29 is 9.53 Å². The molecule has 1 fully saturated rings. The van der Waals surface area contributed by atoms with Crippen LogP contribution >= 0.6 is 0 Å². The molecule has 3 heteroatoms. The Balaban J connectivity index is 1.37. The highest BCUT2D eigenvalue weighted by Crippen LogP contribution is 2.27. The zero-order valence-corrected chi connectivity index (χ0v) is 12.7. The van der Waals surface area contributed by atoms with E-state index in [2.05, 4.69) is 17.4 Å². The minimum Gasteiger partial charge on any atom is -0.484 e. The molecule has 0 radical (unpaired) electrons. The van der Waals surface area contributed by atoms with Gasteiger partial charge in [0, 0.05) is 6.54 Å². The van der Waals surface area contributed by atoms with Crippen LogP contribution in [0.2, 0.25) is 0 Å². The number of fused-ring (bicyclic) bond motifs is 1. The lowest BCUT2D eigenvalue weighted by Gasteiger charge is -2.11. The van der Waals surface area contributed by atoms with Gasteiger partial charge in [0.25, 0.3) is 5.91 Å². The molecule has 0 bridgehead atoms. The molecule has 2 aliphatic carbocycles. The highest BCUT2D eigenvalue weighted by molar-refractivity contribution is 5.77. The normalized spacial score (nSPS) is 17.7. The van der Waals surface area contributed by atoms with E-state index >= 15 is 0 Å². The molecule has 0 unspecified atom stereocenters. The molecule has 114 valence electrons. The highest BCUT2D eigenvalue weighted by atomic mass is 16.5. The van der Waals surface area contributed by atoms with E-state index in [1.807, 2.05) is 6.07 Å². The van der Waals surface area contributed by atoms with Crippen LogP contribution in [0.25, 0.3) is 0 Å². The predicted octanol–water partition coefficient (Wildman–Crippen LogP) is 3.25. The summed E-state index contributed by atoms with van der Waals surface area (Å²) in [5.41, 5.74) is 2.82. The largest absolute Gasteiger partial charge is 0.484 e. The number of carbonyl (C=O) groups is 1. The summed E-state index contributed by atoms with van der Waals surface area (Å²) in [5, 5.41) is 2.97. The van der Waals surface area contributed by atoms with Gasteiger partial charge in [0.1, 0.15) is 5.75 Å². The first-order valence-corrected chi connectivity index (χ1v) is 8.32. The molecule has 0 heterocycles. The van der Waals surface area contributed by atoms with Crippen molar-refractivity contribution in [2.45, 2.75) is 51.4 Å². The zero-order valence-electron chi connectivity index (χ0n) is 12.7. The molecule has 21 heavy (non-hydrogen) atoms. The fraction of sp³-hybridized carbons (Fsp3) is 0.611. The summed E-state index contributed by atoms with van der Waals surface area (Å²) in [4.78, 5) is 11.8. The molecule has 1 aromatic rings. The summed E-state index contributed by atoms with van der Waals surface area (Å²) in [7, 11) is 0. The minimum atomic E-state index is -0.00602. The first-order valence-electron chi connectivity index (χ1n) is 8.32. The molecular weight excluding hydrogens is 262 g/mol. The molecule has 1 N–H and O–H groups in total. The number of amides is 1. The number of hydrogen-bond donors (Lipinski definition) is 1. The molecule has 1 saturated carbocycles. The topological polar surface area (TPSA) is 38.3 Å². The predicted molar refractivity (Wildman–Crippen MR) is 83.5 cm³/mol. The second kappa shape index (κ2) is 6.97. The summed E-state index contributed by atoms with van der Waals surface area (Å²) in [6.07, 6.45) is 10.1. The van der Waals surface area contributed by atoms with Gasteiger partial charge < -0.3 is 10.1 Å². The fourth-order valence-corrected chi connectivity index (χ4v) is 3.55. The molecule has 0 aromatic heterocycles. The van der Waals surface area contributed by atoms with Crippen LogP contribution in [0.5, 0.6) is 5.75 Å². The minimum absolute atomic E-state index is 0.00602. The molecule has 3 nitrogen and oxygen atoms in total.